The van der Waals surface area contributed by atoms with Crippen LogP contribution in [0.5, 0.6) is 11.5 Å². The molecule has 1 aliphatic rings. The van der Waals surface area contributed by atoms with Crippen LogP contribution in [0.4, 0.5) is 0 Å². The summed E-state index contributed by atoms with van der Waals surface area (Å²) >= 11 is 0. The minimum atomic E-state index is -0.186. The molecule has 20 heavy (non-hydrogen) atoms. The Bertz CT molecular complexity index is 898. The number of ether oxygens (including phenoxy) is 2. The minimum Gasteiger partial charge on any atom is -0.454 e. The normalized spacial score (nSPS) is 13.1. The Hall–Kier alpha value is -2.69. The van der Waals surface area contributed by atoms with Crippen LogP contribution in [-0.4, -0.2) is 18.6 Å². The lowest BCUT2D eigenvalue weighted by molar-refractivity contribution is 0.169. The summed E-state index contributed by atoms with van der Waals surface area (Å²) in [6.45, 7) is 0.195. The zero-order valence-electron chi connectivity index (χ0n) is 10.8. The van der Waals surface area contributed by atoms with Gasteiger partial charge in [0, 0.05) is 11.5 Å². The van der Waals surface area contributed by atoms with Crippen LogP contribution in [0.3, 0.4) is 0 Å². The summed E-state index contributed by atoms with van der Waals surface area (Å²) in [5.41, 5.74) is 0.481. The van der Waals surface area contributed by atoms with Gasteiger partial charge in [0.15, 0.2) is 11.5 Å². The van der Waals surface area contributed by atoms with E-state index in [-0.39, 0.29) is 12.4 Å². The minimum absolute atomic E-state index is 0.186. The monoisotopic (exact) mass is 269 g/mol. The molecule has 2 aromatic carbocycles. The molecule has 0 spiro atoms. The fraction of sp³-hybridized carbons (Fsp3) is 0.133. The number of aromatic nitrogens is 1. The molecule has 100 valence electrons. The zero-order chi connectivity index (χ0) is 13.7. The maximum absolute atomic E-state index is 12.4. The van der Waals surface area contributed by atoms with Crippen molar-refractivity contribution in [1.82, 2.24) is 4.73 Å². The highest BCUT2D eigenvalue weighted by Gasteiger charge is 2.19. The van der Waals surface area contributed by atoms with Gasteiger partial charge in [0.1, 0.15) is 7.11 Å². The molecule has 0 aliphatic carbocycles. The predicted molar refractivity (Wildman–Crippen MR) is 74.3 cm³/mol. The molecule has 0 radical (unpaired) electrons. The quantitative estimate of drug-likeness (QED) is 0.633. The number of fused-ring (bicyclic) bond motifs is 4. The fourth-order valence-corrected chi connectivity index (χ4v) is 2.62. The maximum Gasteiger partial charge on any atom is 0.291 e. The Labute approximate surface area is 113 Å². The van der Waals surface area contributed by atoms with Crippen LogP contribution in [0.2, 0.25) is 0 Å². The van der Waals surface area contributed by atoms with Gasteiger partial charge in [0.25, 0.3) is 5.56 Å². The number of nitrogens with zero attached hydrogens (tertiary/aromatic N) is 1. The lowest BCUT2D eigenvalue weighted by atomic mass is 10.1. The van der Waals surface area contributed by atoms with Crippen LogP contribution in [0.15, 0.2) is 41.2 Å². The molecule has 2 heterocycles. The molecule has 3 aromatic rings. The van der Waals surface area contributed by atoms with Crippen molar-refractivity contribution < 1.29 is 14.3 Å². The van der Waals surface area contributed by atoms with E-state index in [2.05, 4.69) is 0 Å². The third kappa shape index (κ3) is 1.34. The van der Waals surface area contributed by atoms with E-state index in [0.717, 1.165) is 10.8 Å². The first-order chi connectivity index (χ1) is 9.79. The summed E-state index contributed by atoms with van der Waals surface area (Å²) in [6, 6.07) is 11.1. The molecule has 0 saturated heterocycles. The molecule has 0 unspecified atom stereocenters. The number of pyridine rings is 1. The molecule has 1 aromatic heterocycles. The van der Waals surface area contributed by atoms with Crippen LogP contribution in [0.1, 0.15) is 0 Å². The Kier molecular flexibility index (Phi) is 2.18. The van der Waals surface area contributed by atoms with Crippen LogP contribution in [0, 0.1) is 0 Å². The van der Waals surface area contributed by atoms with Crippen molar-refractivity contribution in [2.24, 2.45) is 0 Å². The molecular weight excluding hydrogens is 258 g/mol. The number of rotatable bonds is 1. The molecule has 0 N–H and O–H groups in total. The molecule has 4 rings (SSSR count). The van der Waals surface area contributed by atoms with Gasteiger partial charge in [0.2, 0.25) is 6.79 Å². The van der Waals surface area contributed by atoms with Gasteiger partial charge < -0.3 is 14.3 Å². The second kappa shape index (κ2) is 3.90. The van der Waals surface area contributed by atoms with Crippen LogP contribution in [0.25, 0.3) is 21.7 Å². The Morgan fingerprint density at radius 2 is 1.75 bits per heavy atom. The van der Waals surface area contributed by atoms with Gasteiger partial charge in [-0.05, 0) is 17.5 Å². The summed E-state index contributed by atoms with van der Waals surface area (Å²) in [5.74, 6) is 1.31. The molecule has 5 nitrogen and oxygen atoms in total. The van der Waals surface area contributed by atoms with Crippen LogP contribution >= 0.6 is 0 Å². The predicted octanol–water partition coefficient (Wildman–Crippen LogP) is 1.94. The lowest BCUT2D eigenvalue weighted by Gasteiger charge is -2.11. The molecule has 0 bridgehead atoms. The van der Waals surface area contributed by atoms with Crippen molar-refractivity contribution >= 4 is 21.7 Å². The highest BCUT2D eigenvalue weighted by Crippen LogP contribution is 2.37. The van der Waals surface area contributed by atoms with Crippen molar-refractivity contribution in [3.63, 3.8) is 0 Å². The largest absolute Gasteiger partial charge is 0.454 e. The highest BCUT2D eigenvalue weighted by molar-refractivity contribution is 6.06. The first-order valence-corrected chi connectivity index (χ1v) is 6.21. The Morgan fingerprint density at radius 1 is 1.05 bits per heavy atom. The van der Waals surface area contributed by atoms with Gasteiger partial charge in [-0.15, -0.1) is 4.73 Å². The average molecular weight is 269 g/mol. The van der Waals surface area contributed by atoms with Gasteiger partial charge in [-0.2, -0.15) is 0 Å². The van der Waals surface area contributed by atoms with E-state index >= 15 is 0 Å². The molecule has 0 fully saturated rings. The fourth-order valence-electron chi connectivity index (χ4n) is 2.62. The van der Waals surface area contributed by atoms with Crippen LogP contribution < -0.4 is 19.9 Å². The van der Waals surface area contributed by atoms with Crippen molar-refractivity contribution in [3.05, 3.63) is 46.8 Å². The molecule has 0 atom stereocenters. The lowest BCUT2D eigenvalue weighted by Crippen LogP contribution is -2.25. The van der Waals surface area contributed by atoms with Gasteiger partial charge in [0.05, 0.1) is 10.9 Å². The highest BCUT2D eigenvalue weighted by atomic mass is 16.7. The summed E-state index contributed by atoms with van der Waals surface area (Å²) in [6.07, 6.45) is 0. The van der Waals surface area contributed by atoms with E-state index in [1.165, 1.54) is 11.8 Å². The summed E-state index contributed by atoms with van der Waals surface area (Å²) < 4.78 is 12.1. The van der Waals surface area contributed by atoms with E-state index in [9.17, 15) is 4.79 Å². The van der Waals surface area contributed by atoms with E-state index in [4.69, 9.17) is 14.3 Å². The molecule has 0 saturated carbocycles. The molecule has 0 amide bonds. The van der Waals surface area contributed by atoms with E-state index in [1.54, 1.807) is 12.1 Å². The number of hydrogen-bond donors (Lipinski definition) is 0. The zero-order valence-corrected chi connectivity index (χ0v) is 10.8. The second-order valence-electron chi connectivity index (χ2n) is 4.55. The Morgan fingerprint density at radius 3 is 2.50 bits per heavy atom. The third-order valence-corrected chi connectivity index (χ3v) is 3.52. The molecule has 5 heteroatoms. The Balaban J connectivity index is 2.28. The molecule has 1 aliphatic heterocycles. The van der Waals surface area contributed by atoms with Crippen molar-refractivity contribution in [2.45, 2.75) is 0 Å². The SMILES string of the molecule is COn1c(=O)c2ccccc2c2cc3c(cc21)OCO3. The van der Waals surface area contributed by atoms with Gasteiger partial charge in [-0.3, -0.25) is 4.79 Å². The summed E-state index contributed by atoms with van der Waals surface area (Å²) in [4.78, 5) is 17.7. The number of benzene rings is 2. The maximum atomic E-state index is 12.4. The first-order valence-electron chi connectivity index (χ1n) is 6.21. The third-order valence-electron chi connectivity index (χ3n) is 3.52. The topological polar surface area (TPSA) is 49.7 Å². The smallest absolute Gasteiger partial charge is 0.291 e. The summed E-state index contributed by atoms with van der Waals surface area (Å²) in [7, 11) is 1.47. The van der Waals surface area contributed by atoms with Crippen LogP contribution in [-0.2, 0) is 0 Å². The standard InChI is InChI=1S/C15H11NO4/c1-18-16-12-7-14-13(19-8-20-14)6-11(12)9-4-2-3-5-10(9)15(16)17/h2-7H,8H2,1H3. The summed E-state index contributed by atoms with van der Waals surface area (Å²) in [5, 5.41) is 2.38. The van der Waals surface area contributed by atoms with Crippen molar-refractivity contribution in [2.75, 3.05) is 13.9 Å². The van der Waals surface area contributed by atoms with E-state index < -0.39 is 0 Å². The van der Waals surface area contributed by atoms with E-state index in [1.807, 2.05) is 24.3 Å². The van der Waals surface area contributed by atoms with Gasteiger partial charge in [-0.1, -0.05) is 18.2 Å². The van der Waals surface area contributed by atoms with Gasteiger partial charge in [-0.25, -0.2) is 0 Å². The molecular formula is C15H11NO4. The first kappa shape index (κ1) is 11.2. The average Bonchev–Trinajstić information content (AvgIpc) is 2.94. The number of hydrogen-bond acceptors (Lipinski definition) is 4. The van der Waals surface area contributed by atoms with Crippen molar-refractivity contribution in [3.8, 4) is 11.5 Å². The van der Waals surface area contributed by atoms with Crippen molar-refractivity contribution in [1.29, 1.82) is 0 Å². The van der Waals surface area contributed by atoms with E-state index in [0.29, 0.717) is 22.4 Å². The second-order valence-corrected chi connectivity index (χ2v) is 4.55. The van der Waals surface area contributed by atoms with Gasteiger partial charge >= 0.3 is 0 Å².